The first kappa shape index (κ1) is 23.5. The number of nitrogens with one attached hydrogen (secondary N) is 2. The van der Waals surface area contributed by atoms with Crippen LogP contribution in [0.3, 0.4) is 0 Å². The van der Waals surface area contributed by atoms with E-state index >= 15 is 0 Å². The minimum absolute atomic E-state index is 0.213. The lowest BCUT2D eigenvalue weighted by Gasteiger charge is -2.25. The molecule has 10 heteroatoms. The van der Waals surface area contributed by atoms with E-state index in [1.807, 2.05) is 30.3 Å². The highest BCUT2D eigenvalue weighted by atomic mass is 32.1. The minimum Gasteiger partial charge on any atom is -0.383 e. The third-order valence-corrected chi connectivity index (χ3v) is 7.06. The third kappa shape index (κ3) is 5.45. The maximum absolute atomic E-state index is 12.7. The number of rotatable bonds is 8. The van der Waals surface area contributed by atoms with Gasteiger partial charge in [0.05, 0.1) is 21.8 Å². The van der Waals surface area contributed by atoms with Crippen molar-refractivity contribution in [3.05, 3.63) is 59.1 Å². The van der Waals surface area contributed by atoms with E-state index in [1.165, 1.54) is 17.3 Å². The monoisotopic (exact) mass is 480 g/mol. The summed E-state index contributed by atoms with van der Waals surface area (Å²) in [6, 6.07) is 11.8. The molecule has 4 rings (SSSR count). The van der Waals surface area contributed by atoms with Gasteiger partial charge in [0, 0.05) is 0 Å². The fourth-order valence-corrected chi connectivity index (χ4v) is 5.05. The van der Waals surface area contributed by atoms with Gasteiger partial charge in [0.15, 0.2) is 0 Å². The molecule has 1 fully saturated rings. The summed E-state index contributed by atoms with van der Waals surface area (Å²) >= 11 is 1.11. The Morgan fingerprint density at radius 3 is 2.50 bits per heavy atom. The van der Waals surface area contributed by atoms with Crippen LogP contribution in [0.1, 0.15) is 58.6 Å². The van der Waals surface area contributed by atoms with Crippen LogP contribution in [-0.2, 0) is 4.79 Å². The number of nitrogen functional groups attached to an aromatic ring is 1. The summed E-state index contributed by atoms with van der Waals surface area (Å²) in [5, 5.41) is 10.2. The molecule has 3 amide bonds. The molecule has 1 atom stereocenters. The second-order valence-electron chi connectivity index (χ2n) is 8.48. The number of thiophene rings is 1. The van der Waals surface area contributed by atoms with Crippen LogP contribution < -0.4 is 22.1 Å². The number of aromatic nitrogens is 2. The molecule has 1 aliphatic carbocycles. The number of benzene rings is 1. The molecule has 1 aliphatic rings. The van der Waals surface area contributed by atoms with Crippen LogP contribution in [0, 0.1) is 5.92 Å². The van der Waals surface area contributed by atoms with Crippen LogP contribution in [0.4, 0.5) is 10.8 Å². The van der Waals surface area contributed by atoms with E-state index in [0.717, 1.165) is 42.7 Å². The number of anilines is 2. The Morgan fingerprint density at radius 2 is 1.79 bits per heavy atom. The SMILES string of the molecule is NC(=O)[C@H](CC1CCCCC1)NC(=O)c1ccc(NC(=O)c2cnn(-c3ccccc3)c2N)s1. The molecule has 34 heavy (non-hydrogen) atoms. The Labute approximate surface area is 201 Å². The number of hydrogen-bond donors (Lipinski definition) is 4. The largest absolute Gasteiger partial charge is 0.383 e. The van der Waals surface area contributed by atoms with Gasteiger partial charge in [-0.05, 0) is 36.6 Å². The number of para-hydroxylation sites is 1. The molecule has 2 aromatic heterocycles. The van der Waals surface area contributed by atoms with Crippen LogP contribution in [0.2, 0.25) is 0 Å². The molecule has 9 nitrogen and oxygen atoms in total. The summed E-state index contributed by atoms with van der Waals surface area (Å²) in [6.45, 7) is 0. The lowest BCUT2D eigenvalue weighted by atomic mass is 9.84. The van der Waals surface area contributed by atoms with Crippen molar-refractivity contribution in [3.63, 3.8) is 0 Å². The van der Waals surface area contributed by atoms with Gasteiger partial charge >= 0.3 is 0 Å². The lowest BCUT2D eigenvalue weighted by Crippen LogP contribution is -2.45. The number of primary amides is 1. The summed E-state index contributed by atoms with van der Waals surface area (Å²) in [6.07, 6.45) is 7.58. The van der Waals surface area contributed by atoms with Crippen LogP contribution in [0.25, 0.3) is 5.69 Å². The fourth-order valence-electron chi connectivity index (χ4n) is 4.25. The van der Waals surface area contributed by atoms with Crippen LogP contribution >= 0.6 is 11.3 Å². The van der Waals surface area contributed by atoms with Gasteiger partial charge in [0.25, 0.3) is 11.8 Å². The molecule has 1 aromatic carbocycles. The van der Waals surface area contributed by atoms with E-state index in [9.17, 15) is 14.4 Å². The predicted molar refractivity (Wildman–Crippen MR) is 132 cm³/mol. The van der Waals surface area contributed by atoms with Gasteiger partial charge in [-0.25, -0.2) is 4.68 Å². The summed E-state index contributed by atoms with van der Waals surface area (Å²) in [4.78, 5) is 37.8. The first-order valence-electron chi connectivity index (χ1n) is 11.3. The van der Waals surface area contributed by atoms with Gasteiger partial charge in [0.2, 0.25) is 5.91 Å². The standard InChI is InChI=1S/C24H28N6O3S/c25-21-17(14-27-30(21)16-9-5-2-6-10-16)23(32)29-20-12-11-19(34-20)24(33)28-18(22(26)31)13-15-7-3-1-4-8-15/h2,5-6,9-12,14-15,18H,1,3-4,7-8,13,25H2,(H2,26,31)(H,28,33)(H,29,32)/t18-/m0/s1. The third-order valence-electron chi connectivity index (χ3n) is 6.06. The molecule has 0 bridgehead atoms. The van der Waals surface area contributed by atoms with Gasteiger partial charge < -0.3 is 22.1 Å². The van der Waals surface area contributed by atoms with E-state index < -0.39 is 17.9 Å². The summed E-state index contributed by atoms with van der Waals surface area (Å²) in [5.41, 5.74) is 12.7. The first-order chi connectivity index (χ1) is 16.4. The van der Waals surface area contributed by atoms with Crippen LogP contribution in [0.15, 0.2) is 48.7 Å². The quantitative estimate of drug-likeness (QED) is 0.391. The number of carbonyl (C=O) groups is 3. The zero-order valence-electron chi connectivity index (χ0n) is 18.7. The van der Waals surface area contributed by atoms with E-state index in [-0.39, 0.29) is 17.3 Å². The average molecular weight is 481 g/mol. The van der Waals surface area contributed by atoms with Crippen molar-refractivity contribution in [1.82, 2.24) is 15.1 Å². The average Bonchev–Trinajstić information content (AvgIpc) is 3.46. The van der Waals surface area contributed by atoms with Crippen molar-refractivity contribution in [3.8, 4) is 5.69 Å². The van der Waals surface area contributed by atoms with Crippen molar-refractivity contribution in [1.29, 1.82) is 0 Å². The Morgan fingerprint density at radius 1 is 1.06 bits per heavy atom. The second kappa shape index (κ2) is 10.5. The van der Waals surface area contributed by atoms with E-state index in [0.29, 0.717) is 22.2 Å². The normalized spacial score (nSPS) is 14.9. The van der Waals surface area contributed by atoms with Gasteiger partial charge in [-0.3, -0.25) is 14.4 Å². The van der Waals surface area contributed by atoms with E-state index in [2.05, 4.69) is 15.7 Å². The number of amides is 3. The molecule has 0 saturated heterocycles. The molecule has 3 aromatic rings. The maximum Gasteiger partial charge on any atom is 0.262 e. The molecule has 0 unspecified atom stereocenters. The highest BCUT2D eigenvalue weighted by Crippen LogP contribution is 2.28. The Hall–Kier alpha value is -3.66. The van der Waals surface area contributed by atoms with Crippen molar-refractivity contribution in [2.75, 3.05) is 11.1 Å². The second-order valence-corrected chi connectivity index (χ2v) is 9.56. The molecular formula is C24H28N6O3S. The molecule has 0 radical (unpaired) electrons. The molecule has 0 aliphatic heterocycles. The van der Waals surface area contributed by atoms with Crippen molar-refractivity contribution in [2.24, 2.45) is 11.7 Å². The minimum atomic E-state index is -0.709. The van der Waals surface area contributed by atoms with Crippen molar-refractivity contribution < 1.29 is 14.4 Å². The maximum atomic E-state index is 12.7. The van der Waals surface area contributed by atoms with E-state index in [1.54, 1.807) is 12.1 Å². The Kier molecular flexibility index (Phi) is 7.27. The zero-order chi connectivity index (χ0) is 24.1. The summed E-state index contributed by atoms with van der Waals surface area (Å²) < 4.78 is 1.48. The molecule has 2 heterocycles. The summed E-state index contributed by atoms with van der Waals surface area (Å²) in [5.74, 6) is -0.741. The van der Waals surface area contributed by atoms with Crippen LogP contribution in [0.5, 0.6) is 0 Å². The molecule has 6 N–H and O–H groups in total. The predicted octanol–water partition coefficient (Wildman–Crippen LogP) is 3.32. The van der Waals surface area contributed by atoms with E-state index in [4.69, 9.17) is 11.5 Å². The van der Waals surface area contributed by atoms with Gasteiger partial charge in [0.1, 0.15) is 17.4 Å². The molecule has 0 spiro atoms. The van der Waals surface area contributed by atoms with Gasteiger partial charge in [-0.15, -0.1) is 11.3 Å². The van der Waals surface area contributed by atoms with Crippen LogP contribution in [-0.4, -0.2) is 33.5 Å². The Bertz CT molecular complexity index is 1170. The summed E-state index contributed by atoms with van der Waals surface area (Å²) in [7, 11) is 0. The zero-order valence-corrected chi connectivity index (χ0v) is 19.5. The smallest absolute Gasteiger partial charge is 0.262 e. The molecule has 178 valence electrons. The van der Waals surface area contributed by atoms with Gasteiger partial charge in [-0.1, -0.05) is 50.3 Å². The topological polar surface area (TPSA) is 145 Å². The molecular weight excluding hydrogens is 452 g/mol. The Balaban J connectivity index is 1.39. The number of carbonyl (C=O) groups excluding carboxylic acids is 3. The molecule has 1 saturated carbocycles. The number of nitrogens with two attached hydrogens (primary N) is 2. The number of nitrogens with zero attached hydrogens (tertiary/aromatic N) is 2. The fraction of sp³-hybridized carbons (Fsp3) is 0.333. The highest BCUT2D eigenvalue weighted by Gasteiger charge is 2.25. The van der Waals surface area contributed by atoms with Crippen molar-refractivity contribution in [2.45, 2.75) is 44.6 Å². The first-order valence-corrected chi connectivity index (χ1v) is 12.1. The van der Waals surface area contributed by atoms with Gasteiger partial charge in [-0.2, -0.15) is 5.10 Å². The highest BCUT2D eigenvalue weighted by molar-refractivity contribution is 7.18. The number of hydrogen-bond acceptors (Lipinski definition) is 6. The van der Waals surface area contributed by atoms with Crippen molar-refractivity contribution >= 4 is 39.9 Å². The lowest BCUT2D eigenvalue weighted by molar-refractivity contribution is -0.120.